The monoisotopic (exact) mass is 460 g/mol. The van der Waals surface area contributed by atoms with Gasteiger partial charge in [-0.2, -0.15) is 0 Å². The van der Waals surface area contributed by atoms with Gasteiger partial charge in [0, 0.05) is 60.8 Å². The van der Waals surface area contributed by atoms with Crippen LogP contribution < -0.4 is 11.1 Å². The van der Waals surface area contributed by atoms with E-state index < -0.39 is 0 Å². The lowest BCUT2D eigenvalue weighted by atomic mass is 9.96. The molecule has 0 saturated carbocycles. The number of carbonyl (C=O) groups excluding carboxylic acids is 1. The van der Waals surface area contributed by atoms with Gasteiger partial charge in [0.2, 0.25) is 0 Å². The number of hydrogen-bond acceptors (Lipinski definition) is 6. The lowest BCUT2D eigenvalue weighted by molar-refractivity contribution is 0.0951. The van der Waals surface area contributed by atoms with E-state index in [0.717, 1.165) is 33.6 Å². The summed E-state index contributed by atoms with van der Waals surface area (Å²) >= 11 is 0. The minimum absolute atomic E-state index is 0.250. The van der Waals surface area contributed by atoms with Gasteiger partial charge in [-0.1, -0.05) is 54.6 Å². The SMILES string of the molecule is NCc1ccc(-c2nc3ccnc(C(=O)NCCc4cnccn4)c3cc2-c2ccccc2)cc1. The highest BCUT2D eigenvalue weighted by atomic mass is 16.1. The first kappa shape index (κ1) is 22.3. The molecule has 35 heavy (non-hydrogen) atoms. The van der Waals surface area contributed by atoms with Gasteiger partial charge in [0.15, 0.2) is 0 Å². The van der Waals surface area contributed by atoms with E-state index in [4.69, 9.17) is 10.7 Å². The van der Waals surface area contributed by atoms with Crippen molar-refractivity contribution < 1.29 is 4.79 Å². The largest absolute Gasteiger partial charge is 0.350 e. The normalized spacial score (nSPS) is 10.9. The van der Waals surface area contributed by atoms with E-state index in [-0.39, 0.29) is 5.91 Å². The van der Waals surface area contributed by atoms with Crippen LogP contribution in [-0.4, -0.2) is 32.4 Å². The number of amides is 1. The van der Waals surface area contributed by atoms with E-state index in [2.05, 4.69) is 20.3 Å². The van der Waals surface area contributed by atoms with E-state index in [9.17, 15) is 4.79 Å². The Hall–Kier alpha value is -4.49. The second kappa shape index (κ2) is 10.2. The Bertz CT molecular complexity index is 1450. The Morgan fingerprint density at radius 2 is 1.71 bits per heavy atom. The fourth-order valence-corrected chi connectivity index (χ4v) is 3.98. The van der Waals surface area contributed by atoms with Crippen LogP contribution in [-0.2, 0) is 13.0 Å². The molecule has 0 saturated heterocycles. The summed E-state index contributed by atoms with van der Waals surface area (Å²) in [4.78, 5) is 30.8. The van der Waals surface area contributed by atoms with Gasteiger partial charge < -0.3 is 11.1 Å². The topological polar surface area (TPSA) is 107 Å². The zero-order valence-corrected chi connectivity index (χ0v) is 19.1. The van der Waals surface area contributed by atoms with Gasteiger partial charge in [0.25, 0.3) is 5.91 Å². The first-order valence-corrected chi connectivity index (χ1v) is 11.4. The molecule has 0 fully saturated rings. The van der Waals surface area contributed by atoms with Crippen LogP contribution in [0.15, 0.2) is 91.5 Å². The molecule has 0 aliphatic heterocycles. The molecule has 0 radical (unpaired) electrons. The number of aromatic nitrogens is 4. The molecule has 1 amide bonds. The van der Waals surface area contributed by atoms with Crippen molar-refractivity contribution in [2.75, 3.05) is 6.54 Å². The van der Waals surface area contributed by atoms with Crippen LogP contribution >= 0.6 is 0 Å². The fraction of sp³-hybridized carbons (Fsp3) is 0.107. The summed E-state index contributed by atoms with van der Waals surface area (Å²) in [6, 6.07) is 22.0. The van der Waals surface area contributed by atoms with Crippen LogP contribution in [0.25, 0.3) is 33.3 Å². The molecule has 7 heteroatoms. The van der Waals surface area contributed by atoms with Crippen LogP contribution in [0.2, 0.25) is 0 Å². The Morgan fingerprint density at radius 1 is 0.886 bits per heavy atom. The Kier molecular flexibility index (Phi) is 6.50. The van der Waals surface area contributed by atoms with Crippen molar-refractivity contribution in [1.82, 2.24) is 25.3 Å². The Balaban J connectivity index is 1.54. The summed E-state index contributed by atoms with van der Waals surface area (Å²) in [7, 11) is 0. The number of nitrogens with two attached hydrogens (primary N) is 1. The number of fused-ring (bicyclic) bond motifs is 1. The Morgan fingerprint density at radius 3 is 2.46 bits per heavy atom. The number of pyridine rings is 2. The number of rotatable bonds is 7. The maximum Gasteiger partial charge on any atom is 0.270 e. The molecule has 5 rings (SSSR count). The lowest BCUT2D eigenvalue weighted by Gasteiger charge is -2.14. The van der Waals surface area contributed by atoms with E-state index in [1.165, 1.54) is 0 Å². The van der Waals surface area contributed by atoms with Gasteiger partial charge in [0.1, 0.15) is 5.69 Å². The molecule has 172 valence electrons. The standard InChI is InChI=1S/C28H24N6O/c29-17-19-6-8-21(9-7-19)26-23(20-4-2-1-3-5-20)16-24-25(34-26)11-13-32-27(24)28(35)33-12-10-22-18-30-14-15-31-22/h1-9,11,13-16,18H,10,12,17,29H2,(H,33,35). The van der Waals surface area contributed by atoms with E-state index in [1.54, 1.807) is 24.8 Å². The highest BCUT2D eigenvalue weighted by Crippen LogP contribution is 2.34. The van der Waals surface area contributed by atoms with E-state index >= 15 is 0 Å². The van der Waals surface area contributed by atoms with Crippen LogP contribution in [0.3, 0.4) is 0 Å². The third-order valence-corrected chi connectivity index (χ3v) is 5.79. The molecule has 2 aromatic carbocycles. The minimum atomic E-state index is -0.250. The molecule has 7 nitrogen and oxygen atoms in total. The average Bonchev–Trinajstić information content (AvgIpc) is 2.93. The molecular weight excluding hydrogens is 436 g/mol. The van der Waals surface area contributed by atoms with Gasteiger partial charge in [0.05, 0.1) is 16.9 Å². The van der Waals surface area contributed by atoms with Crippen LogP contribution in [0, 0.1) is 0 Å². The van der Waals surface area contributed by atoms with Crippen molar-refractivity contribution in [3.05, 3.63) is 108 Å². The van der Waals surface area contributed by atoms with Gasteiger partial charge in [-0.05, 0) is 23.3 Å². The van der Waals surface area contributed by atoms with Crippen molar-refractivity contribution in [1.29, 1.82) is 0 Å². The predicted octanol–water partition coefficient (Wildman–Crippen LogP) is 4.19. The first-order chi connectivity index (χ1) is 17.2. The first-order valence-electron chi connectivity index (χ1n) is 11.4. The van der Waals surface area contributed by atoms with Gasteiger partial charge in [-0.25, -0.2) is 4.98 Å². The van der Waals surface area contributed by atoms with Gasteiger partial charge >= 0.3 is 0 Å². The second-order valence-corrected chi connectivity index (χ2v) is 8.08. The van der Waals surface area contributed by atoms with Crippen LogP contribution in [0.4, 0.5) is 0 Å². The highest BCUT2D eigenvalue weighted by Gasteiger charge is 2.17. The maximum atomic E-state index is 13.1. The van der Waals surface area contributed by atoms with Crippen LogP contribution in [0.1, 0.15) is 21.7 Å². The summed E-state index contributed by atoms with van der Waals surface area (Å²) < 4.78 is 0. The van der Waals surface area contributed by atoms with Crippen molar-refractivity contribution in [3.8, 4) is 22.4 Å². The molecule has 3 N–H and O–H groups in total. The average molecular weight is 461 g/mol. The molecule has 0 unspecified atom stereocenters. The molecule has 0 atom stereocenters. The summed E-state index contributed by atoms with van der Waals surface area (Å²) in [6.07, 6.45) is 7.17. The van der Waals surface area contributed by atoms with Crippen LogP contribution in [0.5, 0.6) is 0 Å². The van der Waals surface area contributed by atoms with Gasteiger partial charge in [-0.3, -0.25) is 19.7 Å². The highest BCUT2D eigenvalue weighted by molar-refractivity contribution is 6.06. The number of nitrogens with zero attached hydrogens (tertiary/aromatic N) is 4. The zero-order valence-electron chi connectivity index (χ0n) is 19.1. The lowest BCUT2D eigenvalue weighted by Crippen LogP contribution is -2.27. The molecule has 5 aromatic rings. The maximum absolute atomic E-state index is 13.1. The smallest absolute Gasteiger partial charge is 0.270 e. The third-order valence-electron chi connectivity index (χ3n) is 5.79. The molecule has 3 heterocycles. The molecule has 0 bridgehead atoms. The quantitative estimate of drug-likeness (QED) is 0.377. The minimum Gasteiger partial charge on any atom is -0.350 e. The summed E-state index contributed by atoms with van der Waals surface area (Å²) in [5, 5.41) is 3.65. The number of benzene rings is 2. The third kappa shape index (κ3) is 4.90. The number of hydrogen-bond donors (Lipinski definition) is 2. The Labute approximate surface area is 203 Å². The summed E-state index contributed by atoms with van der Waals surface area (Å²) in [6.45, 7) is 0.915. The zero-order chi connectivity index (χ0) is 24.0. The van der Waals surface area contributed by atoms with Crippen molar-refractivity contribution in [2.24, 2.45) is 5.73 Å². The fourth-order valence-electron chi connectivity index (χ4n) is 3.98. The van der Waals surface area contributed by atoms with Crippen molar-refractivity contribution in [3.63, 3.8) is 0 Å². The van der Waals surface area contributed by atoms with Crippen molar-refractivity contribution >= 4 is 16.8 Å². The predicted molar refractivity (Wildman–Crippen MR) is 136 cm³/mol. The summed E-state index contributed by atoms with van der Waals surface area (Å²) in [5.41, 5.74) is 12.5. The molecule has 0 spiro atoms. The van der Waals surface area contributed by atoms with Gasteiger partial charge in [-0.15, -0.1) is 0 Å². The van der Waals surface area contributed by atoms with Crippen molar-refractivity contribution in [2.45, 2.75) is 13.0 Å². The molecule has 3 aromatic heterocycles. The second-order valence-electron chi connectivity index (χ2n) is 8.08. The van der Waals surface area contributed by atoms with E-state index in [1.807, 2.05) is 66.7 Å². The number of nitrogens with one attached hydrogen (secondary N) is 1. The molecular formula is C28H24N6O. The molecule has 0 aliphatic rings. The summed E-state index contributed by atoms with van der Waals surface area (Å²) in [5.74, 6) is -0.250. The number of carbonyl (C=O) groups is 1. The molecule has 0 aliphatic carbocycles. The van der Waals surface area contributed by atoms with E-state index in [0.29, 0.717) is 36.1 Å².